The van der Waals surface area contributed by atoms with Crippen molar-refractivity contribution < 1.29 is 18.0 Å². The van der Waals surface area contributed by atoms with Crippen molar-refractivity contribution in [1.29, 1.82) is 0 Å². The summed E-state index contributed by atoms with van der Waals surface area (Å²) in [4.78, 5) is 22.7. The lowest BCUT2D eigenvalue weighted by Crippen LogP contribution is -2.38. The van der Waals surface area contributed by atoms with Gasteiger partial charge in [0.2, 0.25) is 21.8 Å². The standard InChI is InChI=1S/C16H23N3O4S/c1-3-17-16(21)12-18-15(20)8-10-19-24(22,23)11-9-14-6-4-13(2)5-7-14/h4-7,9,11,19H,3,8,10,12H2,1-2H3,(H,17,21)(H,18,20)/b11-9+. The number of carbonyl (C=O) groups excluding carboxylic acids is 2. The summed E-state index contributed by atoms with van der Waals surface area (Å²) in [6, 6.07) is 7.41. The van der Waals surface area contributed by atoms with Gasteiger partial charge in [-0.3, -0.25) is 9.59 Å². The molecule has 0 aliphatic carbocycles. The topological polar surface area (TPSA) is 104 Å². The SMILES string of the molecule is CCNC(=O)CNC(=O)CCNS(=O)(=O)/C=C/c1ccc(C)cc1. The van der Waals surface area contributed by atoms with E-state index < -0.39 is 15.9 Å². The number of nitrogens with one attached hydrogen (secondary N) is 3. The van der Waals surface area contributed by atoms with E-state index in [0.29, 0.717) is 6.54 Å². The van der Waals surface area contributed by atoms with E-state index >= 15 is 0 Å². The fourth-order valence-electron chi connectivity index (χ4n) is 1.73. The first-order chi connectivity index (χ1) is 11.3. The maximum atomic E-state index is 11.8. The highest BCUT2D eigenvalue weighted by Crippen LogP contribution is 2.05. The van der Waals surface area contributed by atoms with E-state index in [4.69, 9.17) is 0 Å². The monoisotopic (exact) mass is 353 g/mol. The minimum Gasteiger partial charge on any atom is -0.355 e. The van der Waals surface area contributed by atoms with Crippen LogP contribution in [0.15, 0.2) is 29.7 Å². The van der Waals surface area contributed by atoms with Gasteiger partial charge in [0.15, 0.2) is 0 Å². The molecule has 0 fully saturated rings. The average Bonchev–Trinajstić information content (AvgIpc) is 2.52. The van der Waals surface area contributed by atoms with Gasteiger partial charge in [0.1, 0.15) is 0 Å². The van der Waals surface area contributed by atoms with Crippen molar-refractivity contribution in [3.05, 3.63) is 40.8 Å². The first kappa shape index (κ1) is 19.9. The zero-order chi connectivity index (χ0) is 18.0. The van der Waals surface area contributed by atoms with Gasteiger partial charge in [0.25, 0.3) is 0 Å². The van der Waals surface area contributed by atoms with Crippen molar-refractivity contribution in [2.45, 2.75) is 20.3 Å². The molecule has 1 aromatic rings. The molecule has 0 aliphatic heterocycles. The Morgan fingerprint density at radius 2 is 1.75 bits per heavy atom. The molecule has 0 aliphatic rings. The second-order valence-corrected chi connectivity index (χ2v) is 6.78. The molecule has 0 saturated heterocycles. The third kappa shape index (κ3) is 8.44. The van der Waals surface area contributed by atoms with Gasteiger partial charge < -0.3 is 10.6 Å². The fraction of sp³-hybridized carbons (Fsp3) is 0.375. The van der Waals surface area contributed by atoms with Crippen molar-refractivity contribution in [2.75, 3.05) is 19.6 Å². The van der Waals surface area contributed by atoms with Crippen LogP contribution >= 0.6 is 0 Å². The van der Waals surface area contributed by atoms with Gasteiger partial charge in [0, 0.05) is 24.9 Å². The van der Waals surface area contributed by atoms with E-state index in [0.717, 1.165) is 16.5 Å². The van der Waals surface area contributed by atoms with Crippen molar-refractivity contribution in [3.63, 3.8) is 0 Å². The van der Waals surface area contributed by atoms with Crippen LogP contribution in [0.4, 0.5) is 0 Å². The third-order valence-corrected chi connectivity index (χ3v) is 4.09. The van der Waals surface area contributed by atoms with Gasteiger partial charge in [-0.2, -0.15) is 0 Å². The molecule has 132 valence electrons. The summed E-state index contributed by atoms with van der Waals surface area (Å²) in [7, 11) is -3.62. The predicted molar refractivity (Wildman–Crippen MR) is 93.4 cm³/mol. The largest absolute Gasteiger partial charge is 0.355 e. The van der Waals surface area contributed by atoms with Crippen molar-refractivity contribution in [3.8, 4) is 0 Å². The first-order valence-corrected chi connectivity index (χ1v) is 9.15. The van der Waals surface area contributed by atoms with Gasteiger partial charge >= 0.3 is 0 Å². The summed E-state index contributed by atoms with van der Waals surface area (Å²) < 4.78 is 25.9. The molecule has 7 nitrogen and oxygen atoms in total. The molecular weight excluding hydrogens is 330 g/mol. The second-order valence-electron chi connectivity index (χ2n) is 5.13. The van der Waals surface area contributed by atoms with Crippen LogP contribution in [0.5, 0.6) is 0 Å². The number of likely N-dealkylation sites (N-methyl/N-ethyl adjacent to an activating group) is 1. The van der Waals surface area contributed by atoms with Crippen LogP contribution in [-0.2, 0) is 19.6 Å². The van der Waals surface area contributed by atoms with Crippen LogP contribution in [0.2, 0.25) is 0 Å². The second kappa shape index (κ2) is 9.84. The quantitative estimate of drug-likeness (QED) is 0.602. The maximum absolute atomic E-state index is 11.8. The predicted octanol–water partition coefficient (Wildman–Crippen LogP) is 0.528. The molecule has 1 aromatic carbocycles. The fourth-order valence-corrected chi connectivity index (χ4v) is 2.55. The van der Waals surface area contributed by atoms with E-state index in [1.165, 1.54) is 6.08 Å². The Bertz CT molecular complexity index is 682. The van der Waals surface area contributed by atoms with Crippen LogP contribution in [0, 0.1) is 6.92 Å². The Kier molecular flexibility index (Phi) is 8.14. The maximum Gasteiger partial charge on any atom is 0.239 e. The van der Waals surface area contributed by atoms with Crippen LogP contribution < -0.4 is 15.4 Å². The van der Waals surface area contributed by atoms with E-state index in [2.05, 4.69) is 15.4 Å². The zero-order valence-electron chi connectivity index (χ0n) is 13.8. The molecule has 0 atom stereocenters. The van der Waals surface area contributed by atoms with Crippen LogP contribution in [0.25, 0.3) is 6.08 Å². The number of sulfonamides is 1. The number of amides is 2. The lowest BCUT2D eigenvalue weighted by molar-refractivity contribution is -0.125. The molecule has 1 rings (SSSR count). The minimum atomic E-state index is -3.62. The Balaban J connectivity index is 2.36. The molecule has 0 heterocycles. The Labute approximate surface area is 142 Å². The third-order valence-electron chi connectivity index (χ3n) is 2.99. The normalized spacial score (nSPS) is 11.4. The number of hydrogen-bond donors (Lipinski definition) is 3. The number of rotatable bonds is 9. The Morgan fingerprint density at radius 3 is 2.38 bits per heavy atom. The van der Waals surface area contributed by atoms with E-state index in [1.807, 2.05) is 31.2 Å². The Hall–Kier alpha value is -2.19. The van der Waals surface area contributed by atoms with Crippen molar-refractivity contribution in [1.82, 2.24) is 15.4 Å². The van der Waals surface area contributed by atoms with Crippen molar-refractivity contribution in [2.24, 2.45) is 0 Å². The summed E-state index contributed by atoms with van der Waals surface area (Å²) in [6.07, 6.45) is 1.44. The van der Waals surface area contributed by atoms with E-state index in [9.17, 15) is 18.0 Å². The highest BCUT2D eigenvalue weighted by atomic mass is 32.2. The van der Waals surface area contributed by atoms with Crippen LogP contribution in [0.1, 0.15) is 24.5 Å². The van der Waals surface area contributed by atoms with Crippen molar-refractivity contribution >= 4 is 27.9 Å². The van der Waals surface area contributed by atoms with E-state index in [-0.39, 0.29) is 25.4 Å². The molecular formula is C16H23N3O4S. The lowest BCUT2D eigenvalue weighted by atomic mass is 10.2. The molecule has 0 radical (unpaired) electrons. The Morgan fingerprint density at radius 1 is 1.08 bits per heavy atom. The molecule has 0 saturated carbocycles. The molecule has 8 heteroatoms. The smallest absolute Gasteiger partial charge is 0.239 e. The summed E-state index contributed by atoms with van der Waals surface area (Å²) >= 11 is 0. The van der Waals surface area contributed by atoms with Crippen LogP contribution in [0.3, 0.4) is 0 Å². The molecule has 0 aromatic heterocycles. The first-order valence-electron chi connectivity index (χ1n) is 7.60. The minimum absolute atomic E-state index is 0.0399. The van der Waals surface area contributed by atoms with Gasteiger partial charge in [-0.1, -0.05) is 29.8 Å². The zero-order valence-corrected chi connectivity index (χ0v) is 14.7. The summed E-state index contributed by atoms with van der Waals surface area (Å²) in [5.41, 5.74) is 1.86. The van der Waals surface area contributed by atoms with Gasteiger partial charge in [0.05, 0.1) is 6.54 Å². The molecule has 2 amide bonds. The molecule has 3 N–H and O–H groups in total. The summed E-state index contributed by atoms with van der Waals surface area (Å²) in [6.45, 7) is 4.05. The van der Waals surface area contributed by atoms with Gasteiger partial charge in [-0.15, -0.1) is 0 Å². The highest BCUT2D eigenvalue weighted by molar-refractivity contribution is 7.92. The number of aryl methyl sites for hydroxylation is 1. The highest BCUT2D eigenvalue weighted by Gasteiger charge is 2.08. The molecule has 0 unspecified atom stereocenters. The van der Waals surface area contributed by atoms with Crippen LogP contribution in [-0.4, -0.2) is 39.9 Å². The molecule has 0 bridgehead atoms. The lowest BCUT2D eigenvalue weighted by Gasteiger charge is -2.06. The van der Waals surface area contributed by atoms with Gasteiger partial charge in [-0.25, -0.2) is 13.1 Å². The van der Waals surface area contributed by atoms with Gasteiger partial charge in [-0.05, 0) is 25.5 Å². The number of benzene rings is 1. The van der Waals surface area contributed by atoms with E-state index in [1.54, 1.807) is 6.92 Å². The molecule has 0 spiro atoms. The number of carbonyl (C=O) groups is 2. The number of hydrogen-bond acceptors (Lipinski definition) is 4. The average molecular weight is 353 g/mol. The molecule has 24 heavy (non-hydrogen) atoms. The summed E-state index contributed by atoms with van der Waals surface area (Å²) in [5.74, 6) is -0.682. The summed E-state index contributed by atoms with van der Waals surface area (Å²) in [5, 5.41) is 6.02.